The number of carboxylic acid groups (broad SMARTS) is 1. The van der Waals surface area contributed by atoms with Gasteiger partial charge in [0.25, 0.3) is 0 Å². The molecule has 0 aliphatic carbocycles. The number of carbonyl (C=O) groups is 1. The summed E-state index contributed by atoms with van der Waals surface area (Å²) in [6.45, 7) is 4.31. The van der Waals surface area contributed by atoms with Crippen molar-refractivity contribution >= 4 is 5.97 Å². The van der Waals surface area contributed by atoms with Crippen LogP contribution in [0.4, 0.5) is 0 Å². The van der Waals surface area contributed by atoms with Gasteiger partial charge in [-0.15, -0.1) is 0 Å². The first-order valence-electron chi connectivity index (χ1n) is 8.08. The minimum atomic E-state index is -0.934. The Morgan fingerprint density at radius 1 is 1.14 bits per heavy atom. The molecule has 1 rings (SSSR count). The Hall–Kier alpha value is -1.35. The molecule has 0 amide bonds. The Morgan fingerprint density at radius 2 is 1.76 bits per heavy atom. The fraction of sp³-hybridized carbons (Fsp3) is 0.611. The molecule has 0 aliphatic rings. The lowest BCUT2D eigenvalue weighted by atomic mass is 9.74. The number of hydrogen-bond acceptors (Lipinski definition) is 2. The number of unbranched alkanes of at least 4 members (excludes halogenated alkanes) is 5. The van der Waals surface area contributed by atoms with Crippen LogP contribution in [-0.2, 0) is 10.2 Å². The van der Waals surface area contributed by atoms with Crippen molar-refractivity contribution in [1.82, 2.24) is 0 Å². The van der Waals surface area contributed by atoms with Crippen molar-refractivity contribution in [3.05, 3.63) is 35.4 Å². The average molecular weight is 291 g/mol. The van der Waals surface area contributed by atoms with Gasteiger partial charge < -0.3 is 10.8 Å². The Bertz CT molecular complexity index is 445. The van der Waals surface area contributed by atoms with Crippen molar-refractivity contribution < 1.29 is 9.90 Å². The van der Waals surface area contributed by atoms with Gasteiger partial charge in [0.2, 0.25) is 0 Å². The van der Waals surface area contributed by atoms with Crippen LogP contribution < -0.4 is 5.73 Å². The Morgan fingerprint density at radius 3 is 2.33 bits per heavy atom. The van der Waals surface area contributed by atoms with E-state index >= 15 is 0 Å². The second-order valence-corrected chi connectivity index (χ2v) is 5.92. The van der Waals surface area contributed by atoms with Crippen LogP contribution in [0.3, 0.4) is 0 Å². The van der Waals surface area contributed by atoms with Crippen molar-refractivity contribution in [3.63, 3.8) is 0 Å². The molecular weight excluding hydrogens is 262 g/mol. The average Bonchev–Trinajstić information content (AvgIpc) is 2.48. The van der Waals surface area contributed by atoms with Crippen molar-refractivity contribution in [1.29, 1.82) is 0 Å². The molecule has 1 aromatic carbocycles. The van der Waals surface area contributed by atoms with Gasteiger partial charge >= 0.3 is 5.97 Å². The molecule has 0 heterocycles. The predicted octanol–water partition coefficient (Wildman–Crippen LogP) is 4.03. The molecule has 0 aromatic heterocycles. The number of carboxylic acids is 1. The van der Waals surface area contributed by atoms with Gasteiger partial charge in [-0.3, -0.25) is 4.79 Å². The van der Waals surface area contributed by atoms with E-state index in [0.717, 1.165) is 24.0 Å². The number of nitrogens with two attached hydrogens (primary N) is 1. The van der Waals surface area contributed by atoms with Crippen molar-refractivity contribution in [2.45, 2.75) is 64.2 Å². The zero-order chi connectivity index (χ0) is 15.7. The van der Waals surface area contributed by atoms with Gasteiger partial charge in [-0.05, 0) is 24.5 Å². The molecule has 0 aliphatic heterocycles. The summed E-state index contributed by atoms with van der Waals surface area (Å²) < 4.78 is 0. The third kappa shape index (κ3) is 4.57. The van der Waals surface area contributed by atoms with E-state index in [1.54, 1.807) is 0 Å². The monoisotopic (exact) mass is 291 g/mol. The second kappa shape index (κ2) is 8.83. The Kier molecular flexibility index (Phi) is 7.44. The van der Waals surface area contributed by atoms with E-state index in [2.05, 4.69) is 6.92 Å². The van der Waals surface area contributed by atoms with Gasteiger partial charge in [-0.2, -0.15) is 0 Å². The summed E-state index contributed by atoms with van der Waals surface area (Å²) in [4.78, 5) is 11.9. The number of aliphatic carboxylic acids is 1. The molecule has 0 saturated carbocycles. The maximum absolute atomic E-state index is 11.9. The van der Waals surface area contributed by atoms with Crippen molar-refractivity contribution in [2.75, 3.05) is 6.54 Å². The first-order valence-corrected chi connectivity index (χ1v) is 8.08. The first-order chi connectivity index (χ1) is 10.1. The molecule has 3 heteroatoms. The summed E-state index contributed by atoms with van der Waals surface area (Å²) >= 11 is 0. The standard InChI is InChI=1S/C18H29NO2/c1-3-4-5-6-7-10-13-18(14-19,17(20)21)16-12-9-8-11-15(16)2/h8-9,11-12H,3-7,10,13-14,19H2,1-2H3,(H,20,21). The SMILES string of the molecule is CCCCCCCCC(CN)(C(=O)O)c1ccccc1C. The predicted molar refractivity (Wildman–Crippen MR) is 87.5 cm³/mol. The molecule has 21 heavy (non-hydrogen) atoms. The van der Waals surface area contributed by atoms with Crippen LogP contribution in [-0.4, -0.2) is 17.6 Å². The molecular formula is C18H29NO2. The molecule has 0 bridgehead atoms. The molecule has 0 fully saturated rings. The van der Waals surface area contributed by atoms with E-state index in [1.165, 1.54) is 25.7 Å². The second-order valence-electron chi connectivity index (χ2n) is 5.92. The summed E-state index contributed by atoms with van der Waals surface area (Å²) in [5.74, 6) is -0.798. The maximum Gasteiger partial charge on any atom is 0.315 e. The van der Waals surface area contributed by atoms with Gasteiger partial charge in [-0.25, -0.2) is 0 Å². The minimum absolute atomic E-state index is 0.155. The quantitative estimate of drug-likeness (QED) is 0.640. The van der Waals surface area contributed by atoms with Gasteiger partial charge in [0.05, 0.1) is 0 Å². The molecule has 118 valence electrons. The molecule has 3 nitrogen and oxygen atoms in total. The first kappa shape index (κ1) is 17.7. The van der Waals surface area contributed by atoms with Gasteiger partial charge in [-0.1, -0.05) is 69.7 Å². The number of rotatable bonds is 10. The summed E-state index contributed by atoms with van der Waals surface area (Å²) in [7, 11) is 0. The Labute approximate surface area is 128 Å². The summed E-state index contributed by atoms with van der Waals surface area (Å²) in [6.07, 6.45) is 7.54. The highest BCUT2D eigenvalue weighted by molar-refractivity contribution is 5.82. The normalized spacial score (nSPS) is 13.9. The van der Waals surface area contributed by atoms with Crippen LogP contribution in [0.2, 0.25) is 0 Å². The molecule has 0 saturated heterocycles. The lowest BCUT2D eigenvalue weighted by Crippen LogP contribution is -2.43. The van der Waals surface area contributed by atoms with Crippen LogP contribution >= 0.6 is 0 Å². The third-order valence-electron chi connectivity index (χ3n) is 4.38. The number of hydrogen-bond donors (Lipinski definition) is 2. The molecule has 0 radical (unpaired) electrons. The zero-order valence-electron chi connectivity index (χ0n) is 13.4. The lowest BCUT2D eigenvalue weighted by molar-refractivity contribution is -0.143. The topological polar surface area (TPSA) is 63.3 Å². The number of aryl methyl sites for hydroxylation is 1. The smallest absolute Gasteiger partial charge is 0.315 e. The zero-order valence-corrected chi connectivity index (χ0v) is 13.4. The summed E-state index contributed by atoms with van der Waals surface area (Å²) in [5, 5.41) is 9.76. The Balaban J connectivity index is 2.76. The summed E-state index contributed by atoms with van der Waals surface area (Å²) in [6, 6.07) is 7.71. The molecule has 3 N–H and O–H groups in total. The van der Waals surface area contributed by atoms with Crippen LogP contribution in [0.15, 0.2) is 24.3 Å². The fourth-order valence-electron chi connectivity index (χ4n) is 2.97. The van der Waals surface area contributed by atoms with Gasteiger partial charge in [0, 0.05) is 6.54 Å². The van der Waals surface area contributed by atoms with E-state index in [0.29, 0.717) is 6.42 Å². The minimum Gasteiger partial charge on any atom is -0.481 e. The number of benzene rings is 1. The highest BCUT2D eigenvalue weighted by Crippen LogP contribution is 2.32. The van der Waals surface area contributed by atoms with E-state index in [-0.39, 0.29) is 6.54 Å². The van der Waals surface area contributed by atoms with Gasteiger partial charge in [0.1, 0.15) is 5.41 Å². The molecule has 1 aromatic rings. The maximum atomic E-state index is 11.9. The van der Waals surface area contributed by atoms with Crippen LogP contribution in [0, 0.1) is 6.92 Å². The molecule has 1 atom stereocenters. The highest BCUT2D eigenvalue weighted by Gasteiger charge is 2.39. The third-order valence-corrected chi connectivity index (χ3v) is 4.38. The molecule has 0 spiro atoms. The van der Waals surface area contributed by atoms with E-state index in [4.69, 9.17) is 5.73 Å². The van der Waals surface area contributed by atoms with E-state index < -0.39 is 11.4 Å². The van der Waals surface area contributed by atoms with E-state index in [9.17, 15) is 9.90 Å². The lowest BCUT2D eigenvalue weighted by Gasteiger charge is -2.30. The van der Waals surface area contributed by atoms with Crippen molar-refractivity contribution in [2.24, 2.45) is 5.73 Å². The highest BCUT2D eigenvalue weighted by atomic mass is 16.4. The van der Waals surface area contributed by atoms with E-state index in [1.807, 2.05) is 31.2 Å². The largest absolute Gasteiger partial charge is 0.481 e. The van der Waals surface area contributed by atoms with Crippen LogP contribution in [0.25, 0.3) is 0 Å². The van der Waals surface area contributed by atoms with Crippen molar-refractivity contribution in [3.8, 4) is 0 Å². The van der Waals surface area contributed by atoms with Gasteiger partial charge in [0.15, 0.2) is 0 Å². The molecule has 1 unspecified atom stereocenters. The summed E-state index contributed by atoms with van der Waals surface area (Å²) in [5.41, 5.74) is 6.84. The van der Waals surface area contributed by atoms with Crippen LogP contribution in [0.5, 0.6) is 0 Å². The fourth-order valence-corrected chi connectivity index (χ4v) is 2.97. The van der Waals surface area contributed by atoms with Crippen LogP contribution in [0.1, 0.15) is 63.0 Å².